The third-order valence-corrected chi connectivity index (χ3v) is 3.91. The SMILES string of the molecule is Cc1cc(C(=O)NCc2cccc(OCC#N)c2)nn1-c1ccc(F)cc1F. The third-order valence-electron chi connectivity index (χ3n) is 3.91. The standard InChI is InChI=1S/C20H16F2N4O2/c1-13-9-18(25-26(13)19-6-5-15(21)11-17(19)22)20(27)24-12-14-3-2-4-16(10-14)28-8-7-23/h2-6,9-11H,8,12H2,1H3,(H,24,27). The number of nitrogens with one attached hydrogen (secondary N) is 1. The number of benzene rings is 2. The molecule has 1 N–H and O–H groups in total. The summed E-state index contributed by atoms with van der Waals surface area (Å²) in [5.74, 6) is -1.37. The van der Waals surface area contributed by atoms with Gasteiger partial charge in [0.1, 0.15) is 23.3 Å². The summed E-state index contributed by atoms with van der Waals surface area (Å²) in [6, 6.07) is 13.5. The van der Waals surface area contributed by atoms with Crippen LogP contribution in [0.3, 0.4) is 0 Å². The normalized spacial score (nSPS) is 10.4. The van der Waals surface area contributed by atoms with E-state index >= 15 is 0 Å². The lowest BCUT2D eigenvalue weighted by Crippen LogP contribution is -2.23. The monoisotopic (exact) mass is 382 g/mol. The first kappa shape index (κ1) is 19.0. The third kappa shape index (κ3) is 4.32. The first-order valence-corrected chi connectivity index (χ1v) is 8.37. The zero-order valence-corrected chi connectivity index (χ0v) is 14.9. The fraction of sp³-hybridized carbons (Fsp3) is 0.150. The number of aromatic nitrogens is 2. The van der Waals surface area contributed by atoms with Crippen molar-refractivity contribution in [1.29, 1.82) is 5.26 Å². The van der Waals surface area contributed by atoms with Gasteiger partial charge in [0.2, 0.25) is 0 Å². The summed E-state index contributed by atoms with van der Waals surface area (Å²) in [6.45, 7) is 1.83. The molecule has 0 unspecified atom stereocenters. The van der Waals surface area contributed by atoms with Gasteiger partial charge in [-0.05, 0) is 42.8 Å². The van der Waals surface area contributed by atoms with E-state index in [1.807, 2.05) is 6.07 Å². The highest BCUT2D eigenvalue weighted by atomic mass is 19.1. The van der Waals surface area contributed by atoms with Crippen LogP contribution in [-0.4, -0.2) is 22.3 Å². The molecular formula is C20H16F2N4O2. The van der Waals surface area contributed by atoms with Crippen LogP contribution in [0.1, 0.15) is 21.7 Å². The molecule has 0 bridgehead atoms. The van der Waals surface area contributed by atoms with Crippen LogP contribution in [0.15, 0.2) is 48.5 Å². The van der Waals surface area contributed by atoms with Crippen molar-refractivity contribution < 1.29 is 18.3 Å². The van der Waals surface area contributed by atoms with E-state index < -0.39 is 17.5 Å². The fourth-order valence-electron chi connectivity index (χ4n) is 2.62. The minimum Gasteiger partial charge on any atom is -0.479 e. The second-order valence-electron chi connectivity index (χ2n) is 5.96. The Balaban J connectivity index is 1.71. The van der Waals surface area contributed by atoms with Gasteiger partial charge < -0.3 is 10.1 Å². The van der Waals surface area contributed by atoms with Crippen LogP contribution in [0, 0.1) is 29.9 Å². The van der Waals surface area contributed by atoms with E-state index in [0.29, 0.717) is 11.4 Å². The topological polar surface area (TPSA) is 79.9 Å². The van der Waals surface area contributed by atoms with Crippen LogP contribution in [-0.2, 0) is 6.54 Å². The number of ether oxygens (including phenoxy) is 1. The van der Waals surface area contributed by atoms with Gasteiger partial charge in [0.25, 0.3) is 5.91 Å². The molecule has 0 aliphatic heterocycles. The molecule has 2 aromatic carbocycles. The number of hydrogen-bond donors (Lipinski definition) is 1. The number of aryl methyl sites for hydroxylation is 1. The number of hydrogen-bond acceptors (Lipinski definition) is 4. The van der Waals surface area contributed by atoms with Crippen molar-refractivity contribution in [3.05, 3.63) is 77.1 Å². The van der Waals surface area contributed by atoms with E-state index in [4.69, 9.17) is 10.00 Å². The number of rotatable bonds is 6. The van der Waals surface area contributed by atoms with Crippen LogP contribution >= 0.6 is 0 Å². The van der Waals surface area contributed by atoms with Crippen molar-refractivity contribution in [1.82, 2.24) is 15.1 Å². The molecule has 1 aromatic heterocycles. The Kier molecular flexibility index (Phi) is 5.65. The van der Waals surface area contributed by atoms with Gasteiger partial charge in [-0.1, -0.05) is 12.1 Å². The van der Waals surface area contributed by atoms with E-state index in [1.54, 1.807) is 31.2 Å². The van der Waals surface area contributed by atoms with Gasteiger partial charge in [-0.3, -0.25) is 4.79 Å². The first-order valence-electron chi connectivity index (χ1n) is 8.37. The summed E-state index contributed by atoms with van der Waals surface area (Å²) < 4.78 is 33.6. The summed E-state index contributed by atoms with van der Waals surface area (Å²) in [7, 11) is 0. The summed E-state index contributed by atoms with van der Waals surface area (Å²) in [5, 5.41) is 15.4. The number of carbonyl (C=O) groups excluding carboxylic acids is 1. The Morgan fingerprint density at radius 1 is 1.25 bits per heavy atom. The summed E-state index contributed by atoms with van der Waals surface area (Å²) in [5.41, 5.74) is 1.48. The van der Waals surface area contributed by atoms with Gasteiger partial charge in [0.15, 0.2) is 18.1 Å². The Hall–Kier alpha value is -3.73. The van der Waals surface area contributed by atoms with Crippen LogP contribution in [0.25, 0.3) is 5.69 Å². The van der Waals surface area contributed by atoms with Crippen molar-refractivity contribution >= 4 is 5.91 Å². The Morgan fingerprint density at radius 2 is 2.07 bits per heavy atom. The number of halogens is 2. The molecule has 0 saturated heterocycles. The predicted molar refractivity (Wildman–Crippen MR) is 96.9 cm³/mol. The maximum absolute atomic E-state index is 14.0. The molecule has 0 aliphatic rings. The van der Waals surface area contributed by atoms with E-state index in [2.05, 4.69) is 10.4 Å². The molecule has 142 valence electrons. The van der Waals surface area contributed by atoms with Crippen molar-refractivity contribution in [3.8, 4) is 17.5 Å². The average molecular weight is 382 g/mol. The maximum atomic E-state index is 14.0. The van der Waals surface area contributed by atoms with Crippen molar-refractivity contribution in [2.24, 2.45) is 0 Å². The number of amides is 1. The summed E-state index contributed by atoms with van der Waals surface area (Å²) in [4.78, 5) is 12.4. The molecule has 0 fully saturated rings. The molecule has 28 heavy (non-hydrogen) atoms. The highest BCUT2D eigenvalue weighted by molar-refractivity contribution is 5.92. The second kappa shape index (κ2) is 8.31. The van der Waals surface area contributed by atoms with Crippen molar-refractivity contribution in [2.45, 2.75) is 13.5 Å². The van der Waals surface area contributed by atoms with Gasteiger partial charge in [-0.2, -0.15) is 10.4 Å². The number of nitrogens with zero attached hydrogens (tertiary/aromatic N) is 3. The van der Waals surface area contributed by atoms with E-state index in [0.717, 1.165) is 17.7 Å². The fourth-order valence-corrected chi connectivity index (χ4v) is 2.62. The number of carbonyl (C=O) groups is 1. The molecular weight excluding hydrogens is 366 g/mol. The molecule has 6 nitrogen and oxygen atoms in total. The quantitative estimate of drug-likeness (QED) is 0.709. The minimum atomic E-state index is -0.771. The minimum absolute atomic E-state index is 0.0558. The second-order valence-corrected chi connectivity index (χ2v) is 5.96. The number of nitriles is 1. The molecule has 0 saturated carbocycles. The highest BCUT2D eigenvalue weighted by Crippen LogP contribution is 2.17. The largest absolute Gasteiger partial charge is 0.479 e. The van der Waals surface area contributed by atoms with Crippen LogP contribution in [0.2, 0.25) is 0 Å². The molecule has 0 radical (unpaired) electrons. The molecule has 8 heteroatoms. The Labute approximate surface area is 160 Å². The van der Waals surface area contributed by atoms with E-state index in [1.165, 1.54) is 16.8 Å². The molecule has 3 aromatic rings. The first-order chi connectivity index (χ1) is 13.5. The lowest BCUT2D eigenvalue weighted by molar-refractivity contribution is 0.0945. The molecule has 1 heterocycles. The smallest absolute Gasteiger partial charge is 0.272 e. The van der Waals surface area contributed by atoms with Crippen LogP contribution < -0.4 is 10.1 Å². The van der Waals surface area contributed by atoms with Crippen molar-refractivity contribution in [2.75, 3.05) is 6.61 Å². The molecule has 1 amide bonds. The van der Waals surface area contributed by atoms with Gasteiger partial charge in [0, 0.05) is 18.3 Å². The summed E-state index contributed by atoms with van der Waals surface area (Å²) >= 11 is 0. The lowest BCUT2D eigenvalue weighted by atomic mass is 10.2. The maximum Gasteiger partial charge on any atom is 0.272 e. The highest BCUT2D eigenvalue weighted by Gasteiger charge is 2.15. The van der Waals surface area contributed by atoms with Crippen molar-refractivity contribution in [3.63, 3.8) is 0 Å². The Bertz CT molecular complexity index is 1060. The lowest BCUT2D eigenvalue weighted by Gasteiger charge is -2.07. The van der Waals surface area contributed by atoms with Crippen LogP contribution in [0.4, 0.5) is 8.78 Å². The van der Waals surface area contributed by atoms with Gasteiger partial charge in [-0.25, -0.2) is 13.5 Å². The molecule has 0 aliphatic carbocycles. The van der Waals surface area contributed by atoms with Gasteiger partial charge in [-0.15, -0.1) is 0 Å². The zero-order chi connectivity index (χ0) is 20.1. The average Bonchev–Trinajstić information content (AvgIpc) is 3.06. The molecule has 0 spiro atoms. The van der Waals surface area contributed by atoms with Crippen LogP contribution in [0.5, 0.6) is 5.75 Å². The predicted octanol–water partition coefficient (Wildman–Crippen LogP) is 3.29. The van der Waals surface area contributed by atoms with Gasteiger partial charge in [0.05, 0.1) is 0 Å². The van der Waals surface area contributed by atoms with Gasteiger partial charge >= 0.3 is 0 Å². The zero-order valence-electron chi connectivity index (χ0n) is 14.9. The summed E-state index contributed by atoms with van der Waals surface area (Å²) in [6.07, 6.45) is 0. The molecule has 3 rings (SSSR count). The molecule has 0 atom stereocenters. The van der Waals surface area contributed by atoms with E-state index in [9.17, 15) is 13.6 Å². The van der Waals surface area contributed by atoms with E-state index in [-0.39, 0.29) is 24.5 Å². The Morgan fingerprint density at radius 3 is 2.82 bits per heavy atom.